The fourth-order valence-corrected chi connectivity index (χ4v) is 3.24. The van der Waals surface area contributed by atoms with Crippen molar-refractivity contribution in [2.75, 3.05) is 0 Å². The van der Waals surface area contributed by atoms with Gasteiger partial charge in [0.15, 0.2) is 0 Å². The van der Waals surface area contributed by atoms with E-state index in [2.05, 4.69) is 54.6 Å². The number of hydrogen-bond acceptors (Lipinski definition) is 2. The number of rotatable bonds is 2. The van der Waals surface area contributed by atoms with Crippen LogP contribution >= 0.6 is 0 Å². The minimum atomic E-state index is 0.580. The predicted octanol–water partition coefficient (Wildman–Crippen LogP) is 6.51. The van der Waals surface area contributed by atoms with Gasteiger partial charge in [0, 0.05) is 10.9 Å². The molecule has 0 saturated carbocycles. The van der Waals surface area contributed by atoms with Crippen molar-refractivity contribution < 1.29 is 8.83 Å². The molecule has 0 aliphatic rings. The molecule has 0 atom stereocenters. The molecule has 2 nitrogen and oxygen atoms in total. The van der Waals surface area contributed by atoms with Crippen LogP contribution in [0.2, 0.25) is 0 Å². The van der Waals surface area contributed by atoms with Crippen LogP contribution in [-0.2, 0) is 0 Å². The third-order valence-corrected chi connectivity index (χ3v) is 4.40. The lowest BCUT2D eigenvalue weighted by molar-refractivity contribution is 0.499. The molecule has 5 rings (SSSR count). The largest absolute Gasteiger partial charge is 0.433 e. The van der Waals surface area contributed by atoms with Gasteiger partial charge in [0.05, 0.1) is 5.39 Å². The molecule has 5 aromatic rings. The Kier molecular flexibility index (Phi) is 2.83. The molecule has 2 heteroatoms. The highest BCUT2D eigenvalue weighted by atomic mass is 16.5. The van der Waals surface area contributed by atoms with Gasteiger partial charge in [-0.25, -0.2) is 0 Å². The molecule has 0 amide bonds. The Morgan fingerprint density at radius 1 is 0.625 bits per heavy atom. The van der Waals surface area contributed by atoms with Crippen molar-refractivity contribution in [3.05, 3.63) is 85.1 Å². The lowest BCUT2D eigenvalue weighted by Gasteiger charge is -2.04. The van der Waals surface area contributed by atoms with E-state index < -0.39 is 0 Å². The van der Waals surface area contributed by atoms with Crippen molar-refractivity contribution in [1.29, 1.82) is 0 Å². The van der Waals surface area contributed by atoms with E-state index in [0.29, 0.717) is 5.78 Å². The van der Waals surface area contributed by atoms with Gasteiger partial charge >= 0.3 is 0 Å². The van der Waals surface area contributed by atoms with Crippen molar-refractivity contribution in [3.8, 4) is 22.3 Å². The highest BCUT2D eigenvalue weighted by molar-refractivity contribution is 6.11. The summed E-state index contributed by atoms with van der Waals surface area (Å²) in [5.74, 6) is 0.580. The van der Waals surface area contributed by atoms with Crippen molar-refractivity contribution >= 4 is 22.1 Å². The summed E-state index contributed by atoms with van der Waals surface area (Å²) in [4.78, 5) is 0. The van der Waals surface area contributed by atoms with E-state index in [-0.39, 0.29) is 0 Å². The number of hydrogen-bond donors (Lipinski definition) is 0. The monoisotopic (exact) mass is 310 g/mol. The van der Waals surface area contributed by atoms with Gasteiger partial charge in [-0.05, 0) is 28.8 Å². The molecule has 3 aromatic carbocycles. The first kappa shape index (κ1) is 13.2. The summed E-state index contributed by atoms with van der Waals surface area (Å²) < 4.78 is 11.5. The summed E-state index contributed by atoms with van der Waals surface area (Å²) in [6.45, 7) is 0. The summed E-state index contributed by atoms with van der Waals surface area (Å²) >= 11 is 0. The Morgan fingerprint density at radius 3 is 2.29 bits per heavy atom. The second-order valence-electron chi connectivity index (χ2n) is 5.86. The molecule has 2 aromatic heterocycles. The molecule has 0 aliphatic heterocycles. The molecule has 0 spiro atoms. The van der Waals surface area contributed by atoms with Gasteiger partial charge in [-0.3, -0.25) is 0 Å². The molecule has 0 bridgehead atoms. The summed E-state index contributed by atoms with van der Waals surface area (Å²) in [6.07, 6.45) is 1.78. The molecule has 24 heavy (non-hydrogen) atoms. The summed E-state index contributed by atoms with van der Waals surface area (Å²) in [5, 5.41) is 2.12. The molecule has 114 valence electrons. The van der Waals surface area contributed by atoms with E-state index in [1.54, 1.807) is 6.26 Å². The highest BCUT2D eigenvalue weighted by Gasteiger charge is 2.16. The van der Waals surface area contributed by atoms with Crippen LogP contribution in [0.15, 0.2) is 94.0 Å². The maximum atomic E-state index is 5.80. The average molecular weight is 310 g/mol. The second kappa shape index (κ2) is 5.14. The van der Waals surface area contributed by atoms with E-state index in [4.69, 9.17) is 8.83 Å². The highest BCUT2D eigenvalue weighted by Crippen LogP contribution is 2.38. The van der Waals surface area contributed by atoms with Crippen molar-refractivity contribution in [3.63, 3.8) is 0 Å². The van der Waals surface area contributed by atoms with Crippen LogP contribution in [0.3, 0.4) is 0 Å². The van der Waals surface area contributed by atoms with E-state index in [0.717, 1.165) is 27.5 Å². The van der Waals surface area contributed by atoms with Crippen LogP contribution in [0, 0.1) is 0 Å². The Bertz CT molecular complexity index is 1150. The van der Waals surface area contributed by atoms with Crippen LogP contribution in [0.1, 0.15) is 0 Å². The summed E-state index contributed by atoms with van der Waals surface area (Å²) in [7, 11) is 0. The van der Waals surface area contributed by atoms with Crippen LogP contribution in [0.5, 0.6) is 0 Å². The smallest absolute Gasteiger partial charge is 0.298 e. The number of para-hydroxylation sites is 1. The fraction of sp³-hybridized carbons (Fsp3) is 0. The normalized spacial score (nSPS) is 11.3. The van der Waals surface area contributed by atoms with Crippen molar-refractivity contribution in [2.24, 2.45) is 0 Å². The topological polar surface area (TPSA) is 26.3 Å². The summed E-state index contributed by atoms with van der Waals surface area (Å²) in [6, 6.07) is 26.9. The third-order valence-electron chi connectivity index (χ3n) is 4.40. The fourth-order valence-electron chi connectivity index (χ4n) is 3.24. The first-order valence-electron chi connectivity index (χ1n) is 7.95. The van der Waals surface area contributed by atoms with E-state index in [1.165, 1.54) is 11.1 Å². The molecular formula is C22H14O2. The molecule has 0 radical (unpaired) electrons. The van der Waals surface area contributed by atoms with Crippen LogP contribution in [0.25, 0.3) is 44.4 Å². The van der Waals surface area contributed by atoms with E-state index >= 15 is 0 Å². The lowest BCUT2D eigenvalue weighted by Crippen LogP contribution is -1.80. The first-order valence-corrected chi connectivity index (χ1v) is 7.95. The molecule has 0 saturated heterocycles. The van der Waals surface area contributed by atoms with Gasteiger partial charge in [0.1, 0.15) is 11.8 Å². The zero-order chi connectivity index (χ0) is 15.9. The second-order valence-corrected chi connectivity index (χ2v) is 5.86. The van der Waals surface area contributed by atoms with Crippen LogP contribution < -0.4 is 0 Å². The number of furan rings is 2. The minimum Gasteiger partial charge on any atom is -0.433 e. The van der Waals surface area contributed by atoms with Crippen molar-refractivity contribution in [2.45, 2.75) is 0 Å². The van der Waals surface area contributed by atoms with E-state index in [9.17, 15) is 0 Å². The van der Waals surface area contributed by atoms with Gasteiger partial charge in [-0.15, -0.1) is 0 Å². The maximum Gasteiger partial charge on any atom is 0.298 e. The number of fused-ring (bicyclic) bond motifs is 3. The number of benzene rings is 3. The molecule has 0 fully saturated rings. The first-order chi connectivity index (χ1) is 11.9. The standard InChI is InChI=1S/C22H14O2/c1-2-7-15(8-3-1)16-9-6-10-17(13-16)19-14-23-22-21(19)18-11-4-5-12-20(18)24-22/h1-14H. The van der Waals surface area contributed by atoms with Gasteiger partial charge in [0.2, 0.25) is 0 Å². The van der Waals surface area contributed by atoms with Gasteiger partial charge in [-0.1, -0.05) is 66.7 Å². The maximum absolute atomic E-state index is 5.80. The quantitative estimate of drug-likeness (QED) is 0.371. The Labute approximate surface area is 138 Å². The molecular weight excluding hydrogens is 296 g/mol. The SMILES string of the molecule is c1ccc(-c2cccc(-c3coc4oc5ccccc5c34)c2)cc1. The predicted molar refractivity (Wildman–Crippen MR) is 96.9 cm³/mol. The molecule has 0 N–H and O–H groups in total. The van der Waals surface area contributed by atoms with Crippen LogP contribution in [-0.4, -0.2) is 0 Å². The Hall–Kier alpha value is -3.26. The van der Waals surface area contributed by atoms with Gasteiger partial charge in [0.25, 0.3) is 5.78 Å². The minimum absolute atomic E-state index is 0.580. The third kappa shape index (κ3) is 1.97. The molecule has 0 unspecified atom stereocenters. The van der Waals surface area contributed by atoms with Crippen LogP contribution in [0.4, 0.5) is 0 Å². The zero-order valence-corrected chi connectivity index (χ0v) is 12.9. The van der Waals surface area contributed by atoms with Gasteiger partial charge in [-0.2, -0.15) is 0 Å². The Balaban J connectivity index is 1.73. The van der Waals surface area contributed by atoms with E-state index in [1.807, 2.05) is 24.3 Å². The zero-order valence-electron chi connectivity index (χ0n) is 12.9. The lowest BCUT2D eigenvalue weighted by atomic mass is 9.98. The van der Waals surface area contributed by atoms with Gasteiger partial charge < -0.3 is 8.83 Å². The molecule has 0 aliphatic carbocycles. The summed E-state index contributed by atoms with van der Waals surface area (Å²) in [5.41, 5.74) is 5.44. The molecule has 2 heterocycles. The average Bonchev–Trinajstić information content (AvgIpc) is 3.22. The van der Waals surface area contributed by atoms with Crippen molar-refractivity contribution in [1.82, 2.24) is 0 Å². The Morgan fingerprint density at radius 2 is 1.38 bits per heavy atom.